The van der Waals surface area contributed by atoms with Gasteiger partial charge in [-0.25, -0.2) is 4.98 Å². The van der Waals surface area contributed by atoms with Crippen molar-refractivity contribution < 1.29 is 14.6 Å². The molecule has 0 fully saturated rings. The van der Waals surface area contributed by atoms with E-state index in [9.17, 15) is 9.90 Å². The van der Waals surface area contributed by atoms with E-state index in [1.54, 1.807) is 10.8 Å². The standard InChI is InChI=1S/C19H15N3O3/c23-18(24)11-22-15-8-2-1-7-14(15)21-17(22)12-25-16-9-3-5-13-6-4-10-20-19(13)16/h1-10H,11-12H2,(H,23,24). The largest absolute Gasteiger partial charge is 0.483 e. The van der Waals surface area contributed by atoms with Gasteiger partial charge in [-0.2, -0.15) is 0 Å². The van der Waals surface area contributed by atoms with Gasteiger partial charge in [-0.15, -0.1) is 0 Å². The average molecular weight is 333 g/mol. The van der Waals surface area contributed by atoms with Gasteiger partial charge in [0.2, 0.25) is 0 Å². The fraction of sp³-hybridized carbons (Fsp3) is 0.105. The summed E-state index contributed by atoms with van der Waals surface area (Å²) in [5.41, 5.74) is 2.30. The summed E-state index contributed by atoms with van der Waals surface area (Å²) in [6.07, 6.45) is 1.72. The van der Waals surface area contributed by atoms with Crippen LogP contribution in [0.2, 0.25) is 0 Å². The zero-order valence-electron chi connectivity index (χ0n) is 13.3. The Kier molecular flexibility index (Phi) is 3.78. The van der Waals surface area contributed by atoms with Crippen LogP contribution in [-0.2, 0) is 17.9 Å². The number of fused-ring (bicyclic) bond motifs is 2. The first-order valence-corrected chi connectivity index (χ1v) is 7.85. The third-order valence-corrected chi connectivity index (χ3v) is 3.98. The van der Waals surface area contributed by atoms with E-state index in [1.807, 2.05) is 54.6 Å². The maximum atomic E-state index is 11.2. The van der Waals surface area contributed by atoms with E-state index in [2.05, 4.69) is 9.97 Å². The van der Waals surface area contributed by atoms with Gasteiger partial charge in [-0.1, -0.05) is 30.3 Å². The minimum atomic E-state index is -0.920. The van der Waals surface area contributed by atoms with Crippen molar-refractivity contribution in [3.05, 3.63) is 66.6 Å². The maximum Gasteiger partial charge on any atom is 0.323 e. The molecule has 0 aliphatic rings. The molecular formula is C19H15N3O3. The number of hydrogen-bond acceptors (Lipinski definition) is 4. The van der Waals surface area contributed by atoms with Crippen molar-refractivity contribution in [1.29, 1.82) is 0 Å². The smallest absolute Gasteiger partial charge is 0.323 e. The van der Waals surface area contributed by atoms with Crippen LogP contribution < -0.4 is 4.74 Å². The second-order valence-electron chi connectivity index (χ2n) is 5.62. The van der Waals surface area contributed by atoms with Crippen LogP contribution in [0.4, 0.5) is 0 Å². The first-order valence-electron chi connectivity index (χ1n) is 7.85. The van der Waals surface area contributed by atoms with Crippen molar-refractivity contribution in [2.45, 2.75) is 13.2 Å². The number of imidazole rings is 1. The number of carboxylic acid groups (broad SMARTS) is 1. The number of carboxylic acids is 1. The number of carbonyl (C=O) groups is 1. The number of rotatable bonds is 5. The molecule has 0 spiro atoms. The lowest BCUT2D eigenvalue weighted by molar-refractivity contribution is -0.137. The Morgan fingerprint density at radius 1 is 1.08 bits per heavy atom. The summed E-state index contributed by atoms with van der Waals surface area (Å²) in [4.78, 5) is 20.1. The van der Waals surface area contributed by atoms with Gasteiger partial charge in [-0.05, 0) is 24.3 Å². The number of pyridine rings is 1. The van der Waals surface area contributed by atoms with Gasteiger partial charge in [0, 0.05) is 11.6 Å². The minimum Gasteiger partial charge on any atom is -0.483 e. The Labute approximate surface area is 143 Å². The van der Waals surface area contributed by atoms with Crippen molar-refractivity contribution in [3.8, 4) is 5.75 Å². The van der Waals surface area contributed by atoms with E-state index in [1.165, 1.54) is 0 Å². The molecule has 1 N–H and O–H groups in total. The average Bonchev–Trinajstić information content (AvgIpc) is 2.97. The van der Waals surface area contributed by atoms with Crippen molar-refractivity contribution in [1.82, 2.24) is 14.5 Å². The zero-order chi connectivity index (χ0) is 17.2. The Hall–Kier alpha value is -3.41. The Balaban J connectivity index is 1.69. The molecule has 0 bridgehead atoms. The molecular weight excluding hydrogens is 318 g/mol. The number of ether oxygens (including phenoxy) is 1. The summed E-state index contributed by atoms with van der Waals surface area (Å²) < 4.78 is 7.58. The summed E-state index contributed by atoms with van der Waals surface area (Å²) >= 11 is 0. The lowest BCUT2D eigenvalue weighted by Crippen LogP contribution is -2.13. The molecule has 6 nitrogen and oxygen atoms in total. The zero-order valence-corrected chi connectivity index (χ0v) is 13.3. The maximum absolute atomic E-state index is 11.2. The number of hydrogen-bond donors (Lipinski definition) is 1. The molecule has 0 aliphatic carbocycles. The topological polar surface area (TPSA) is 77.2 Å². The molecule has 0 amide bonds. The normalized spacial score (nSPS) is 11.0. The monoisotopic (exact) mass is 333 g/mol. The van der Waals surface area contributed by atoms with Crippen molar-refractivity contribution in [3.63, 3.8) is 0 Å². The Morgan fingerprint density at radius 3 is 2.80 bits per heavy atom. The van der Waals surface area contributed by atoms with Gasteiger partial charge < -0.3 is 14.4 Å². The molecule has 2 aromatic heterocycles. The van der Waals surface area contributed by atoms with E-state index >= 15 is 0 Å². The van der Waals surface area contributed by atoms with Gasteiger partial charge in [-0.3, -0.25) is 9.78 Å². The first-order chi connectivity index (χ1) is 12.2. The van der Waals surface area contributed by atoms with Gasteiger partial charge in [0.15, 0.2) is 0 Å². The van der Waals surface area contributed by atoms with Crippen LogP contribution in [0.1, 0.15) is 5.82 Å². The predicted molar refractivity (Wildman–Crippen MR) is 93.4 cm³/mol. The lowest BCUT2D eigenvalue weighted by Gasteiger charge is -2.10. The molecule has 0 aliphatic heterocycles. The molecule has 124 valence electrons. The van der Waals surface area contributed by atoms with Gasteiger partial charge in [0.05, 0.1) is 11.0 Å². The fourth-order valence-corrected chi connectivity index (χ4v) is 2.88. The summed E-state index contributed by atoms with van der Waals surface area (Å²) in [7, 11) is 0. The van der Waals surface area contributed by atoms with Crippen LogP contribution >= 0.6 is 0 Å². The molecule has 0 saturated heterocycles. The van der Waals surface area contributed by atoms with E-state index in [4.69, 9.17) is 4.74 Å². The van der Waals surface area contributed by atoms with Gasteiger partial charge in [0.1, 0.15) is 30.2 Å². The number of para-hydroxylation sites is 3. The van der Waals surface area contributed by atoms with Crippen LogP contribution in [0.3, 0.4) is 0 Å². The Bertz CT molecular complexity index is 1070. The quantitative estimate of drug-likeness (QED) is 0.606. The SMILES string of the molecule is O=C(O)Cn1c(COc2cccc3cccnc23)nc2ccccc21. The highest BCUT2D eigenvalue weighted by molar-refractivity contribution is 5.84. The molecule has 0 unspecified atom stereocenters. The highest BCUT2D eigenvalue weighted by atomic mass is 16.5. The highest BCUT2D eigenvalue weighted by Gasteiger charge is 2.14. The van der Waals surface area contributed by atoms with E-state index in [0.29, 0.717) is 11.6 Å². The molecule has 4 rings (SSSR count). The molecule has 2 aromatic carbocycles. The van der Waals surface area contributed by atoms with Crippen LogP contribution in [0.25, 0.3) is 21.9 Å². The van der Waals surface area contributed by atoms with Crippen LogP contribution in [0.15, 0.2) is 60.8 Å². The molecule has 6 heteroatoms. The molecule has 25 heavy (non-hydrogen) atoms. The summed E-state index contributed by atoms with van der Waals surface area (Å²) in [6.45, 7) is 0.00460. The van der Waals surface area contributed by atoms with E-state index in [0.717, 1.165) is 21.9 Å². The number of aromatic nitrogens is 3. The van der Waals surface area contributed by atoms with Crippen LogP contribution in [0.5, 0.6) is 5.75 Å². The highest BCUT2D eigenvalue weighted by Crippen LogP contribution is 2.24. The number of aliphatic carboxylic acids is 1. The number of benzene rings is 2. The molecule has 0 saturated carbocycles. The molecule has 2 heterocycles. The molecule has 0 radical (unpaired) electrons. The Morgan fingerprint density at radius 2 is 1.92 bits per heavy atom. The summed E-state index contributed by atoms with van der Waals surface area (Å²) in [5.74, 6) is 0.291. The third kappa shape index (κ3) is 2.89. The van der Waals surface area contributed by atoms with Crippen LogP contribution in [0, 0.1) is 0 Å². The molecule has 4 aromatic rings. The fourth-order valence-electron chi connectivity index (χ4n) is 2.88. The first kappa shape index (κ1) is 15.1. The van der Waals surface area contributed by atoms with Crippen molar-refractivity contribution in [2.75, 3.05) is 0 Å². The molecule has 0 atom stereocenters. The minimum absolute atomic E-state index is 0.160. The van der Waals surface area contributed by atoms with Crippen molar-refractivity contribution >= 4 is 27.9 Å². The third-order valence-electron chi connectivity index (χ3n) is 3.98. The van der Waals surface area contributed by atoms with Crippen LogP contribution in [-0.4, -0.2) is 25.6 Å². The van der Waals surface area contributed by atoms with E-state index in [-0.39, 0.29) is 13.2 Å². The van der Waals surface area contributed by atoms with E-state index < -0.39 is 5.97 Å². The number of nitrogens with zero attached hydrogens (tertiary/aromatic N) is 3. The van der Waals surface area contributed by atoms with Gasteiger partial charge >= 0.3 is 5.97 Å². The lowest BCUT2D eigenvalue weighted by atomic mass is 10.2. The summed E-state index contributed by atoms with van der Waals surface area (Å²) in [6, 6.07) is 17.0. The van der Waals surface area contributed by atoms with Gasteiger partial charge in [0.25, 0.3) is 0 Å². The summed E-state index contributed by atoms with van der Waals surface area (Å²) in [5, 5.41) is 10.2. The predicted octanol–water partition coefficient (Wildman–Crippen LogP) is 3.25. The second-order valence-corrected chi connectivity index (χ2v) is 5.62. The second kappa shape index (κ2) is 6.24. The van der Waals surface area contributed by atoms with Crippen molar-refractivity contribution in [2.24, 2.45) is 0 Å².